The molecule has 0 bridgehead atoms. The first-order valence-electron chi connectivity index (χ1n) is 9.61. The minimum Gasteiger partial charge on any atom is -0.456 e. The summed E-state index contributed by atoms with van der Waals surface area (Å²) in [6, 6.07) is 11.5. The summed E-state index contributed by atoms with van der Waals surface area (Å²) in [6.45, 7) is 0.0536. The van der Waals surface area contributed by atoms with Crippen LogP contribution in [0.4, 0.5) is 5.69 Å². The lowest BCUT2D eigenvalue weighted by Crippen LogP contribution is -2.31. The molecular weight excluding hydrogens is 420 g/mol. The summed E-state index contributed by atoms with van der Waals surface area (Å²) in [5, 5.41) is 5.92. The number of nitrogens with zero attached hydrogens (tertiary/aromatic N) is 4. The fourth-order valence-electron chi connectivity index (χ4n) is 2.73. The van der Waals surface area contributed by atoms with Gasteiger partial charge in [0.25, 0.3) is 11.8 Å². The minimum atomic E-state index is -0.646. The average molecular weight is 445 g/mol. The lowest BCUT2D eigenvalue weighted by atomic mass is 10.2. The minimum absolute atomic E-state index is 0.00873. The number of carbonyl (C=O) groups is 2. The number of thiophene rings is 1. The molecule has 0 unspecified atom stereocenters. The van der Waals surface area contributed by atoms with E-state index in [9.17, 15) is 14.4 Å². The largest absolute Gasteiger partial charge is 0.456 e. The van der Waals surface area contributed by atoms with Crippen molar-refractivity contribution in [2.75, 3.05) is 32.6 Å². The Morgan fingerprint density at radius 2 is 1.90 bits per heavy atom. The molecule has 3 rings (SSSR count). The highest BCUT2D eigenvalue weighted by Crippen LogP contribution is 2.21. The molecular formula is C21H24N4O5S. The third-order valence-electron chi connectivity index (χ3n) is 4.52. The first-order chi connectivity index (χ1) is 14.8. The number of amides is 1. The fraction of sp³-hybridized carbons (Fsp3) is 0.333. The van der Waals surface area contributed by atoms with Gasteiger partial charge in [-0.1, -0.05) is 18.2 Å². The Bertz CT molecular complexity index is 1070. The second-order valence-corrected chi connectivity index (χ2v) is 8.04. The van der Waals surface area contributed by atoms with E-state index in [0.29, 0.717) is 6.54 Å². The molecule has 31 heavy (non-hydrogen) atoms. The van der Waals surface area contributed by atoms with Gasteiger partial charge in [0.2, 0.25) is 0 Å². The molecule has 2 aromatic heterocycles. The molecule has 0 saturated heterocycles. The van der Waals surface area contributed by atoms with Gasteiger partial charge in [-0.15, -0.1) is 16.4 Å². The SMILES string of the molecule is CN(Cc1ccc(N(C)C)cc1)C(=O)COC(=O)CCn1nc(-c2cccs2)oc1=O. The Morgan fingerprint density at radius 1 is 1.16 bits per heavy atom. The topological polar surface area (TPSA) is 97.9 Å². The first kappa shape index (κ1) is 22.3. The van der Waals surface area contributed by atoms with Gasteiger partial charge in [0.1, 0.15) is 0 Å². The van der Waals surface area contributed by atoms with Crippen LogP contribution in [0.5, 0.6) is 0 Å². The molecule has 0 fully saturated rings. The Morgan fingerprint density at radius 3 is 2.55 bits per heavy atom. The van der Waals surface area contributed by atoms with E-state index < -0.39 is 11.7 Å². The molecule has 164 valence electrons. The number of hydrogen-bond acceptors (Lipinski definition) is 8. The van der Waals surface area contributed by atoms with Gasteiger partial charge in [0, 0.05) is 33.4 Å². The maximum Gasteiger partial charge on any atom is 0.437 e. The van der Waals surface area contributed by atoms with Crippen molar-refractivity contribution in [2.45, 2.75) is 19.5 Å². The van der Waals surface area contributed by atoms with Crippen molar-refractivity contribution < 1.29 is 18.7 Å². The van der Waals surface area contributed by atoms with Crippen LogP contribution in [-0.2, 0) is 27.4 Å². The number of hydrogen-bond donors (Lipinski definition) is 0. The Labute approximate surface area is 183 Å². The third-order valence-corrected chi connectivity index (χ3v) is 5.38. The van der Waals surface area contributed by atoms with Crippen LogP contribution < -0.4 is 10.7 Å². The molecule has 9 nitrogen and oxygen atoms in total. The van der Waals surface area contributed by atoms with E-state index in [2.05, 4.69) is 5.10 Å². The second-order valence-electron chi connectivity index (χ2n) is 7.09. The molecule has 0 aliphatic carbocycles. The summed E-state index contributed by atoms with van der Waals surface area (Å²) in [5.74, 6) is -1.34. The van der Waals surface area contributed by atoms with Crippen LogP contribution in [0, 0.1) is 0 Å². The predicted octanol–water partition coefficient (Wildman–Crippen LogP) is 2.22. The van der Waals surface area contributed by atoms with Crippen molar-refractivity contribution in [3.8, 4) is 10.8 Å². The highest BCUT2D eigenvalue weighted by atomic mass is 32.1. The molecule has 1 amide bonds. The smallest absolute Gasteiger partial charge is 0.437 e. The number of ether oxygens (including phenoxy) is 1. The number of esters is 1. The molecule has 10 heteroatoms. The molecule has 2 heterocycles. The van der Waals surface area contributed by atoms with E-state index in [1.54, 1.807) is 13.1 Å². The summed E-state index contributed by atoms with van der Waals surface area (Å²) in [7, 11) is 5.57. The number of rotatable bonds is 9. The predicted molar refractivity (Wildman–Crippen MR) is 117 cm³/mol. The maximum atomic E-state index is 12.2. The van der Waals surface area contributed by atoms with Crippen molar-refractivity contribution in [1.29, 1.82) is 0 Å². The number of aryl methyl sites for hydroxylation is 1. The van der Waals surface area contributed by atoms with Crippen molar-refractivity contribution >= 4 is 28.9 Å². The quantitative estimate of drug-likeness (QED) is 0.467. The monoisotopic (exact) mass is 444 g/mol. The van der Waals surface area contributed by atoms with Crippen LogP contribution in [0.1, 0.15) is 12.0 Å². The van der Waals surface area contributed by atoms with Gasteiger partial charge < -0.3 is 19.0 Å². The van der Waals surface area contributed by atoms with E-state index in [-0.39, 0.29) is 31.4 Å². The molecule has 3 aromatic rings. The zero-order valence-electron chi connectivity index (χ0n) is 17.6. The first-order valence-corrected chi connectivity index (χ1v) is 10.5. The van der Waals surface area contributed by atoms with Crippen LogP contribution in [0.25, 0.3) is 10.8 Å². The van der Waals surface area contributed by atoms with E-state index in [1.165, 1.54) is 16.2 Å². The third kappa shape index (κ3) is 6.05. The maximum absolute atomic E-state index is 12.2. The highest BCUT2D eigenvalue weighted by molar-refractivity contribution is 7.13. The van der Waals surface area contributed by atoms with E-state index in [1.807, 2.05) is 54.7 Å². The van der Waals surface area contributed by atoms with Crippen LogP contribution in [-0.4, -0.2) is 54.3 Å². The summed E-state index contributed by atoms with van der Waals surface area (Å²) < 4.78 is 11.2. The van der Waals surface area contributed by atoms with E-state index in [0.717, 1.165) is 20.8 Å². The number of aromatic nitrogens is 2. The molecule has 0 aliphatic heterocycles. The standard InChI is InChI=1S/C21H24N4O5S/c1-23(2)16-8-6-15(7-9-16)13-24(3)18(26)14-29-19(27)10-11-25-21(28)30-20(22-25)17-5-4-12-31-17/h4-9,12H,10-11,13-14H2,1-3H3. The van der Waals surface area contributed by atoms with Crippen LogP contribution >= 0.6 is 11.3 Å². The van der Waals surface area contributed by atoms with Gasteiger partial charge in [-0.3, -0.25) is 9.59 Å². The fourth-order valence-corrected chi connectivity index (χ4v) is 3.37. The molecule has 0 N–H and O–H groups in total. The average Bonchev–Trinajstić information content (AvgIpc) is 3.40. The van der Waals surface area contributed by atoms with Gasteiger partial charge in [-0.2, -0.15) is 4.68 Å². The Hall–Kier alpha value is -3.40. The molecule has 1 aromatic carbocycles. The van der Waals surface area contributed by atoms with Gasteiger partial charge in [-0.05, 0) is 29.1 Å². The lowest BCUT2D eigenvalue weighted by Gasteiger charge is -2.18. The second kappa shape index (κ2) is 10.1. The zero-order valence-corrected chi connectivity index (χ0v) is 18.4. The number of likely N-dealkylation sites (N-methyl/N-ethyl adjacent to an activating group) is 1. The number of anilines is 1. The van der Waals surface area contributed by atoms with Crippen molar-refractivity contribution in [1.82, 2.24) is 14.7 Å². The lowest BCUT2D eigenvalue weighted by molar-refractivity contribution is -0.151. The molecule has 0 saturated carbocycles. The van der Waals surface area contributed by atoms with E-state index >= 15 is 0 Å². The molecule has 0 spiro atoms. The Balaban J connectivity index is 1.44. The van der Waals surface area contributed by atoms with Crippen LogP contribution in [0.15, 0.2) is 51.0 Å². The molecule has 0 radical (unpaired) electrons. The van der Waals surface area contributed by atoms with Gasteiger partial charge >= 0.3 is 11.7 Å². The normalized spacial score (nSPS) is 10.7. The summed E-state index contributed by atoms with van der Waals surface area (Å²) >= 11 is 1.39. The summed E-state index contributed by atoms with van der Waals surface area (Å²) in [4.78, 5) is 40.3. The van der Waals surface area contributed by atoms with Gasteiger partial charge in [0.05, 0.1) is 17.8 Å². The molecule has 0 aliphatic rings. The van der Waals surface area contributed by atoms with Crippen molar-refractivity contribution in [3.05, 3.63) is 57.9 Å². The van der Waals surface area contributed by atoms with Crippen LogP contribution in [0.2, 0.25) is 0 Å². The van der Waals surface area contributed by atoms with Gasteiger partial charge in [-0.25, -0.2) is 4.79 Å². The highest BCUT2D eigenvalue weighted by Gasteiger charge is 2.15. The number of benzene rings is 1. The molecule has 0 atom stereocenters. The summed E-state index contributed by atoms with van der Waals surface area (Å²) in [6.07, 6.45) is -0.0979. The summed E-state index contributed by atoms with van der Waals surface area (Å²) in [5.41, 5.74) is 2.04. The zero-order chi connectivity index (χ0) is 22.4. The van der Waals surface area contributed by atoms with Gasteiger partial charge in [0.15, 0.2) is 6.61 Å². The van der Waals surface area contributed by atoms with Crippen molar-refractivity contribution in [2.24, 2.45) is 0 Å². The van der Waals surface area contributed by atoms with E-state index in [4.69, 9.17) is 9.15 Å². The number of carbonyl (C=O) groups excluding carboxylic acids is 2. The Kier molecular flexibility index (Phi) is 7.24. The van der Waals surface area contributed by atoms with Crippen molar-refractivity contribution in [3.63, 3.8) is 0 Å². The van der Waals surface area contributed by atoms with Crippen LogP contribution in [0.3, 0.4) is 0 Å².